The Hall–Kier alpha value is -0.900. The predicted octanol–water partition coefficient (Wildman–Crippen LogP) is 2.08. The number of hydrogen-bond donors (Lipinski definition) is 2. The Labute approximate surface area is 158 Å². The van der Waals surface area contributed by atoms with Crippen LogP contribution in [-0.2, 0) is 4.79 Å². The molecule has 1 atom stereocenters. The SMILES string of the molecule is Cc1csc(C(C)CN=C(N)N2CCC(CC(N)=O)CC2)n1.I. The predicted molar refractivity (Wildman–Crippen MR) is 105 cm³/mol. The van der Waals surface area contributed by atoms with E-state index < -0.39 is 0 Å². The number of thiazole rings is 1. The van der Waals surface area contributed by atoms with Crippen molar-refractivity contribution >= 4 is 47.2 Å². The van der Waals surface area contributed by atoms with Gasteiger partial charge in [0.05, 0.1) is 11.6 Å². The summed E-state index contributed by atoms with van der Waals surface area (Å²) < 4.78 is 0. The van der Waals surface area contributed by atoms with E-state index in [9.17, 15) is 4.79 Å². The van der Waals surface area contributed by atoms with E-state index >= 15 is 0 Å². The molecular formula is C15H26IN5OS. The first-order valence-corrected chi connectivity index (χ1v) is 8.59. The molecule has 6 nitrogen and oxygen atoms in total. The quantitative estimate of drug-likeness (QED) is 0.407. The summed E-state index contributed by atoms with van der Waals surface area (Å²) in [5.74, 6) is 1.05. The largest absolute Gasteiger partial charge is 0.370 e. The molecule has 0 bridgehead atoms. The van der Waals surface area contributed by atoms with E-state index in [1.807, 2.05) is 6.92 Å². The molecule has 1 aromatic rings. The average molecular weight is 451 g/mol. The van der Waals surface area contributed by atoms with E-state index in [1.165, 1.54) is 0 Å². The van der Waals surface area contributed by atoms with Crippen LogP contribution in [0.4, 0.5) is 0 Å². The monoisotopic (exact) mass is 451 g/mol. The van der Waals surface area contributed by atoms with Crippen LogP contribution < -0.4 is 11.5 Å². The average Bonchev–Trinajstić information content (AvgIpc) is 2.91. The fraction of sp³-hybridized carbons (Fsp3) is 0.667. The fourth-order valence-electron chi connectivity index (χ4n) is 2.66. The number of guanidine groups is 1. The number of nitrogens with two attached hydrogens (primary N) is 2. The molecule has 2 rings (SSSR count). The van der Waals surface area contributed by atoms with Crippen molar-refractivity contribution in [3.05, 3.63) is 16.1 Å². The summed E-state index contributed by atoms with van der Waals surface area (Å²) in [4.78, 5) is 22.1. The maximum atomic E-state index is 11.0. The number of piperidine rings is 1. The second kappa shape index (κ2) is 9.41. The number of aryl methyl sites for hydroxylation is 1. The van der Waals surface area contributed by atoms with Gasteiger partial charge in [0.15, 0.2) is 5.96 Å². The van der Waals surface area contributed by atoms with Gasteiger partial charge in [-0.15, -0.1) is 35.3 Å². The number of likely N-dealkylation sites (tertiary alicyclic amines) is 1. The van der Waals surface area contributed by atoms with Gasteiger partial charge in [-0.05, 0) is 25.7 Å². The molecule has 1 saturated heterocycles. The molecular weight excluding hydrogens is 425 g/mol. The van der Waals surface area contributed by atoms with Crippen molar-refractivity contribution < 1.29 is 4.79 Å². The van der Waals surface area contributed by atoms with Crippen molar-refractivity contribution in [3.8, 4) is 0 Å². The van der Waals surface area contributed by atoms with Gasteiger partial charge in [-0.2, -0.15) is 0 Å². The van der Waals surface area contributed by atoms with E-state index in [1.54, 1.807) is 11.3 Å². The number of hydrogen-bond acceptors (Lipinski definition) is 4. The Morgan fingerprint density at radius 2 is 2.13 bits per heavy atom. The first kappa shape index (κ1) is 20.1. The van der Waals surface area contributed by atoms with Crippen molar-refractivity contribution in [2.75, 3.05) is 19.6 Å². The summed E-state index contributed by atoms with van der Waals surface area (Å²) in [6, 6.07) is 0. The number of primary amides is 1. The van der Waals surface area contributed by atoms with E-state index in [0.717, 1.165) is 36.6 Å². The lowest BCUT2D eigenvalue weighted by Gasteiger charge is -2.32. The van der Waals surface area contributed by atoms with Crippen LogP contribution in [0.1, 0.15) is 42.8 Å². The van der Waals surface area contributed by atoms with E-state index in [2.05, 4.69) is 27.2 Å². The molecule has 8 heteroatoms. The summed E-state index contributed by atoms with van der Waals surface area (Å²) in [6.07, 6.45) is 2.37. The van der Waals surface area contributed by atoms with Crippen LogP contribution in [0.25, 0.3) is 0 Å². The van der Waals surface area contributed by atoms with Crippen molar-refractivity contribution in [2.24, 2.45) is 22.4 Å². The van der Waals surface area contributed by atoms with Gasteiger partial charge in [-0.25, -0.2) is 4.98 Å². The highest BCUT2D eigenvalue weighted by Gasteiger charge is 2.21. The fourth-order valence-corrected chi connectivity index (χ4v) is 3.51. The number of aromatic nitrogens is 1. The minimum absolute atomic E-state index is 0. The molecule has 1 fully saturated rings. The Balaban J connectivity index is 0.00000264. The molecule has 23 heavy (non-hydrogen) atoms. The molecule has 0 aromatic carbocycles. The van der Waals surface area contributed by atoms with Gasteiger partial charge in [0.1, 0.15) is 0 Å². The summed E-state index contributed by atoms with van der Waals surface area (Å²) in [5.41, 5.74) is 12.4. The van der Waals surface area contributed by atoms with E-state index in [-0.39, 0.29) is 35.8 Å². The number of carbonyl (C=O) groups is 1. The second-order valence-electron chi connectivity index (χ2n) is 6.03. The van der Waals surface area contributed by atoms with Crippen LogP contribution in [0.2, 0.25) is 0 Å². The third-order valence-corrected chi connectivity index (χ3v) is 5.21. The molecule has 0 radical (unpaired) electrons. The zero-order chi connectivity index (χ0) is 16.1. The molecule has 0 spiro atoms. The van der Waals surface area contributed by atoms with Gasteiger partial charge in [0.25, 0.3) is 0 Å². The third kappa shape index (κ3) is 6.25. The maximum absolute atomic E-state index is 11.0. The van der Waals surface area contributed by atoms with Crippen LogP contribution in [0, 0.1) is 12.8 Å². The zero-order valence-electron chi connectivity index (χ0n) is 13.7. The Kier molecular flexibility index (Phi) is 8.24. The van der Waals surface area contributed by atoms with Crippen molar-refractivity contribution in [1.82, 2.24) is 9.88 Å². The van der Waals surface area contributed by atoms with Gasteiger partial charge >= 0.3 is 0 Å². The number of aliphatic imine (C=N–C) groups is 1. The standard InChI is InChI=1S/C15H25N5OS.HI/c1-10(14-19-11(2)9-22-14)8-18-15(17)20-5-3-12(4-6-20)7-13(16)21;/h9-10,12H,3-8H2,1-2H3,(H2,16,21)(H2,17,18);1H. The highest BCUT2D eigenvalue weighted by atomic mass is 127. The first-order chi connectivity index (χ1) is 10.5. The Morgan fingerprint density at radius 1 is 1.48 bits per heavy atom. The number of rotatable bonds is 5. The molecule has 4 N–H and O–H groups in total. The maximum Gasteiger partial charge on any atom is 0.217 e. The van der Waals surface area contributed by atoms with Crippen molar-refractivity contribution in [3.63, 3.8) is 0 Å². The lowest BCUT2D eigenvalue weighted by molar-refractivity contribution is -0.119. The summed E-state index contributed by atoms with van der Waals surface area (Å²) in [5, 5.41) is 3.16. The van der Waals surface area contributed by atoms with Crippen LogP contribution in [-0.4, -0.2) is 41.4 Å². The Morgan fingerprint density at radius 3 is 2.65 bits per heavy atom. The van der Waals surface area contributed by atoms with E-state index in [4.69, 9.17) is 11.5 Å². The molecule has 0 aliphatic carbocycles. The second-order valence-corrected chi connectivity index (χ2v) is 6.92. The smallest absolute Gasteiger partial charge is 0.217 e. The molecule has 0 saturated carbocycles. The summed E-state index contributed by atoms with van der Waals surface area (Å²) >= 11 is 1.67. The number of carbonyl (C=O) groups excluding carboxylic acids is 1. The minimum Gasteiger partial charge on any atom is -0.370 e. The summed E-state index contributed by atoms with van der Waals surface area (Å²) in [6.45, 7) is 6.46. The Bertz CT molecular complexity index is 540. The number of nitrogens with zero attached hydrogens (tertiary/aromatic N) is 3. The van der Waals surface area contributed by atoms with Crippen LogP contribution in [0.15, 0.2) is 10.4 Å². The highest BCUT2D eigenvalue weighted by molar-refractivity contribution is 14.0. The van der Waals surface area contributed by atoms with Gasteiger partial charge in [-0.1, -0.05) is 6.92 Å². The molecule has 1 aromatic heterocycles. The third-order valence-electron chi connectivity index (χ3n) is 4.01. The van der Waals surface area contributed by atoms with Crippen molar-refractivity contribution in [2.45, 2.75) is 39.0 Å². The lowest BCUT2D eigenvalue weighted by Crippen LogP contribution is -2.43. The first-order valence-electron chi connectivity index (χ1n) is 7.71. The lowest BCUT2D eigenvalue weighted by atomic mass is 9.93. The highest BCUT2D eigenvalue weighted by Crippen LogP contribution is 2.21. The summed E-state index contributed by atoms with van der Waals surface area (Å²) in [7, 11) is 0. The normalized spacial score (nSPS) is 17.7. The molecule has 1 amide bonds. The minimum atomic E-state index is -0.215. The molecule has 2 heterocycles. The van der Waals surface area contributed by atoms with Crippen molar-refractivity contribution in [1.29, 1.82) is 0 Å². The number of amides is 1. The molecule has 1 aliphatic rings. The molecule has 1 aliphatic heterocycles. The zero-order valence-corrected chi connectivity index (χ0v) is 16.8. The molecule has 130 valence electrons. The van der Waals surface area contributed by atoms with Gasteiger partial charge < -0.3 is 16.4 Å². The number of halogens is 1. The van der Waals surface area contributed by atoms with Gasteiger partial charge in [0.2, 0.25) is 5.91 Å². The van der Waals surface area contributed by atoms with Crippen LogP contribution in [0.3, 0.4) is 0 Å². The topological polar surface area (TPSA) is 97.6 Å². The van der Waals surface area contributed by atoms with E-state index in [0.29, 0.717) is 24.8 Å². The van der Waals surface area contributed by atoms with Crippen LogP contribution in [0.5, 0.6) is 0 Å². The van der Waals surface area contributed by atoms with Crippen LogP contribution >= 0.6 is 35.3 Å². The molecule has 1 unspecified atom stereocenters. The van der Waals surface area contributed by atoms with Gasteiger partial charge in [-0.3, -0.25) is 9.79 Å². The van der Waals surface area contributed by atoms with Gasteiger partial charge in [0, 0.05) is 36.5 Å².